The molecule has 4 nitrogen and oxygen atoms in total. The summed E-state index contributed by atoms with van der Waals surface area (Å²) in [6.45, 7) is 4.20. The van der Waals surface area contributed by atoms with Gasteiger partial charge >= 0.3 is 5.97 Å². The van der Waals surface area contributed by atoms with Gasteiger partial charge < -0.3 is 10.1 Å². The first-order valence-corrected chi connectivity index (χ1v) is 8.84. The van der Waals surface area contributed by atoms with Crippen LogP contribution < -0.4 is 5.32 Å². The van der Waals surface area contributed by atoms with Crippen molar-refractivity contribution in [2.75, 3.05) is 6.61 Å². The van der Waals surface area contributed by atoms with E-state index in [-0.39, 0.29) is 17.2 Å². The van der Waals surface area contributed by atoms with E-state index in [1.54, 1.807) is 30.3 Å². The van der Waals surface area contributed by atoms with Crippen molar-refractivity contribution >= 4 is 23.5 Å². The van der Waals surface area contributed by atoms with Crippen molar-refractivity contribution in [1.82, 2.24) is 5.32 Å². The van der Waals surface area contributed by atoms with Crippen LogP contribution in [0.15, 0.2) is 42.5 Å². The molecule has 2 rings (SSSR count). The van der Waals surface area contributed by atoms with Gasteiger partial charge in [0.05, 0.1) is 17.2 Å². The zero-order chi connectivity index (χ0) is 20.0. The molecule has 0 aromatic heterocycles. The topological polar surface area (TPSA) is 55.4 Å². The van der Waals surface area contributed by atoms with Crippen LogP contribution in [-0.4, -0.2) is 18.5 Å². The normalized spacial score (nSPS) is 11.9. The molecule has 7 heteroatoms. The molecule has 2 aromatic rings. The van der Waals surface area contributed by atoms with Gasteiger partial charge in [0.1, 0.15) is 0 Å². The summed E-state index contributed by atoms with van der Waals surface area (Å²) in [6.07, 6.45) is 0.677. The molecule has 1 atom stereocenters. The zero-order valence-electron chi connectivity index (χ0n) is 15.0. The second-order valence-electron chi connectivity index (χ2n) is 6.41. The Balaban J connectivity index is 2.22. The third-order valence-electron chi connectivity index (χ3n) is 3.84. The second-order valence-corrected chi connectivity index (χ2v) is 6.82. The van der Waals surface area contributed by atoms with Gasteiger partial charge in [-0.1, -0.05) is 55.8 Å². The molecule has 0 aliphatic heterocycles. The number of ether oxygens (including phenoxy) is 1. The molecular formula is C20H20ClF2NO3. The van der Waals surface area contributed by atoms with E-state index in [0.717, 1.165) is 0 Å². The summed E-state index contributed by atoms with van der Waals surface area (Å²) in [5.41, 5.74) is 0.227. The highest BCUT2D eigenvalue weighted by Gasteiger charge is 2.26. The average Bonchev–Trinajstić information content (AvgIpc) is 2.62. The number of carbonyl (C=O) groups excluding carboxylic acids is 2. The SMILES string of the molecule is CC(C)CCOC(=O)[C@@H](NC(=O)c1cc(F)c(F)cc1Cl)c1ccccc1. The van der Waals surface area contributed by atoms with E-state index in [0.29, 0.717) is 30.0 Å². The van der Waals surface area contributed by atoms with Crippen molar-refractivity contribution in [3.05, 3.63) is 70.2 Å². The summed E-state index contributed by atoms with van der Waals surface area (Å²) >= 11 is 5.84. The number of carbonyl (C=O) groups is 2. The summed E-state index contributed by atoms with van der Waals surface area (Å²) in [4.78, 5) is 25.0. The molecule has 2 aromatic carbocycles. The van der Waals surface area contributed by atoms with Gasteiger partial charge in [-0.2, -0.15) is 0 Å². The first kappa shape index (κ1) is 20.8. The molecule has 0 bridgehead atoms. The minimum atomic E-state index is -1.21. The maximum absolute atomic E-state index is 13.5. The first-order valence-electron chi connectivity index (χ1n) is 8.46. The molecular weight excluding hydrogens is 376 g/mol. The van der Waals surface area contributed by atoms with Crippen LogP contribution in [0.5, 0.6) is 0 Å². The molecule has 0 fully saturated rings. The van der Waals surface area contributed by atoms with Gasteiger partial charge in [0.15, 0.2) is 17.7 Å². The van der Waals surface area contributed by atoms with Gasteiger partial charge in [-0.25, -0.2) is 13.6 Å². The Morgan fingerprint density at radius 3 is 2.37 bits per heavy atom. The Hall–Kier alpha value is -2.47. The lowest BCUT2D eigenvalue weighted by atomic mass is 10.1. The van der Waals surface area contributed by atoms with Crippen LogP contribution in [0.1, 0.15) is 42.2 Å². The minimum Gasteiger partial charge on any atom is -0.464 e. The van der Waals surface area contributed by atoms with E-state index in [4.69, 9.17) is 16.3 Å². The predicted molar refractivity (Wildman–Crippen MR) is 98.4 cm³/mol. The summed E-state index contributed by atoms with van der Waals surface area (Å²) < 4.78 is 32.0. The number of amides is 1. The number of halogens is 3. The quantitative estimate of drug-likeness (QED) is 0.547. The molecule has 0 aliphatic rings. The monoisotopic (exact) mass is 395 g/mol. The van der Waals surface area contributed by atoms with Crippen LogP contribution in [0, 0.1) is 17.6 Å². The predicted octanol–water partition coefficient (Wildman–Crippen LogP) is 4.68. The number of nitrogens with one attached hydrogen (secondary N) is 1. The fraction of sp³-hybridized carbons (Fsp3) is 0.300. The Morgan fingerprint density at radius 2 is 1.74 bits per heavy atom. The Labute approximate surface area is 161 Å². The van der Waals surface area contributed by atoms with E-state index < -0.39 is 29.6 Å². The zero-order valence-corrected chi connectivity index (χ0v) is 15.7. The number of esters is 1. The van der Waals surface area contributed by atoms with E-state index in [9.17, 15) is 18.4 Å². The van der Waals surface area contributed by atoms with Crippen molar-refractivity contribution in [2.45, 2.75) is 26.3 Å². The van der Waals surface area contributed by atoms with E-state index in [1.807, 2.05) is 13.8 Å². The van der Waals surface area contributed by atoms with Crippen molar-refractivity contribution in [3.8, 4) is 0 Å². The molecule has 1 N–H and O–H groups in total. The summed E-state index contributed by atoms with van der Waals surface area (Å²) in [6, 6.07) is 8.79. The third kappa shape index (κ3) is 5.76. The minimum absolute atomic E-state index is 0.210. The molecule has 1 amide bonds. The lowest BCUT2D eigenvalue weighted by molar-refractivity contribution is -0.146. The molecule has 0 radical (unpaired) electrons. The number of hydrogen-bond donors (Lipinski definition) is 1. The smallest absolute Gasteiger partial charge is 0.333 e. The molecule has 0 aliphatic carbocycles. The highest BCUT2D eigenvalue weighted by molar-refractivity contribution is 6.33. The molecule has 0 spiro atoms. The van der Waals surface area contributed by atoms with Gasteiger partial charge in [0.25, 0.3) is 5.91 Å². The maximum atomic E-state index is 13.5. The van der Waals surface area contributed by atoms with Gasteiger partial charge in [-0.15, -0.1) is 0 Å². The van der Waals surface area contributed by atoms with Gasteiger partial charge in [-0.05, 0) is 30.0 Å². The van der Waals surface area contributed by atoms with E-state index in [2.05, 4.69) is 5.32 Å². The molecule has 0 saturated heterocycles. The highest BCUT2D eigenvalue weighted by atomic mass is 35.5. The van der Waals surface area contributed by atoms with Crippen LogP contribution in [-0.2, 0) is 9.53 Å². The fourth-order valence-electron chi connectivity index (χ4n) is 2.31. The molecule has 0 heterocycles. The number of hydrogen-bond acceptors (Lipinski definition) is 3. The van der Waals surface area contributed by atoms with Crippen molar-refractivity contribution in [1.29, 1.82) is 0 Å². The standard InChI is InChI=1S/C20H20ClF2NO3/c1-12(2)8-9-27-20(26)18(13-6-4-3-5-7-13)24-19(25)14-10-16(22)17(23)11-15(14)21/h3-7,10-12,18H,8-9H2,1-2H3,(H,24,25)/t18-/m0/s1. The van der Waals surface area contributed by atoms with Crippen molar-refractivity contribution in [3.63, 3.8) is 0 Å². The summed E-state index contributed by atoms with van der Waals surface area (Å²) in [5, 5.41) is 2.23. The lowest BCUT2D eigenvalue weighted by Crippen LogP contribution is -2.35. The Bertz CT molecular complexity index is 812. The molecule has 0 saturated carbocycles. The van der Waals surface area contributed by atoms with Crippen LogP contribution in [0.3, 0.4) is 0 Å². The summed E-state index contributed by atoms with van der Waals surface area (Å²) in [5.74, 6) is -3.48. The van der Waals surface area contributed by atoms with Gasteiger partial charge in [0.2, 0.25) is 0 Å². The van der Waals surface area contributed by atoms with Gasteiger partial charge in [0, 0.05) is 0 Å². The fourth-order valence-corrected chi connectivity index (χ4v) is 2.54. The van der Waals surface area contributed by atoms with E-state index >= 15 is 0 Å². The van der Waals surface area contributed by atoms with Crippen LogP contribution >= 0.6 is 11.6 Å². The first-order chi connectivity index (χ1) is 12.8. The van der Waals surface area contributed by atoms with E-state index in [1.165, 1.54) is 0 Å². The molecule has 144 valence electrons. The average molecular weight is 396 g/mol. The molecule has 27 heavy (non-hydrogen) atoms. The summed E-state index contributed by atoms with van der Waals surface area (Å²) in [7, 11) is 0. The number of rotatable bonds is 7. The Morgan fingerprint density at radius 1 is 1.11 bits per heavy atom. The van der Waals surface area contributed by atoms with Crippen LogP contribution in [0.25, 0.3) is 0 Å². The maximum Gasteiger partial charge on any atom is 0.333 e. The van der Waals surface area contributed by atoms with Crippen LogP contribution in [0.2, 0.25) is 5.02 Å². The molecule has 0 unspecified atom stereocenters. The van der Waals surface area contributed by atoms with Crippen LogP contribution in [0.4, 0.5) is 8.78 Å². The highest BCUT2D eigenvalue weighted by Crippen LogP contribution is 2.22. The van der Waals surface area contributed by atoms with Crippen molar-refractivity contribution in [2.24, 2.45) is 5.92 Å². The van der Waals surface area contributed by atoms with Gasteiger partial charge in [-0.3, -0.25) is 4.79 Å². The largest absolute Gasteiger partial charge is 0.464 e. The second kappa shape index (κ2) is 9.46. The van der Waals surface area contributed by atoms with Crippen molar-refractivity contribution < 1.29 is 23.1 Å². The lowest BCUT2D eigenvalue weighted by Gasteiger charge is -2.19. The third-order valence-corrected chi connectivity index (χ3v) is 4.15. The number of benzene rings is 2. The Kier molecular flexibility index (Phi) is 7.30.